The van der Waals surface area contributed by atoms with Crippen molar-refractivity contribution in [3.63, 3.8) is 0 Å². The van der Waals surface area contributed by atoms with Gasteiger partial charge in [-0.3, -0.25) is 4.79 Å². The van der Waals surface area contributed by atoms with E-state index in [1.54, 1.807) is 17.0 Å². The molecule has 0 bridgehead atoms. The molecule has 1 unspecified atom stereocenters. The minimum Gasteiger partial charge on any atom is -0.479 e. The van der Waals surface area contributed by atoms with Gasteiger partial charge in [0.15, 0.2) is 0 Å². The minimum absolute atomic E-state index is 0.168. The molecule has 4 nitrogen and oxygen atoms in total. The minimum atomic E-state index is -1.02. The SMILES string of the molecule is CCCC1(C(=O)O)CCCN1C(=O)c1ccc(C)cc1. The van der Waals surface area contributed by atoms with E-state index in [9.17, 15) is 14.7 Å². The maximum absolute atomic E-state index is 12.6. The molecule has 1 aliphatic heterocycles. The Balaban J connectivity index is 2.32. The highest BCUT2D eigenvalue weighted by molar-refractivity contribution is 5.98. The molecule has 20 heavy (non-hydrogen) atoms. The summed E-state index contributed by atoms with van der Waals surface area (Å²) < 4.78 is 0. The van der Waals surface area contributed by atoms with Crippen LogP contribution < -0.4 is 0 Å². The predicted molar refractivity (Wildman–Crippen MR) is 76.7 cm³/mol. The van der Waals surface area contributed by atoms with Gasteiger partial charge in [-0.15, -0.1) is 0 Å². The van der Waals surface area contributed by atoms with Crippen LogP contribution in [0.4, 0.5) is 0 Å². The van der Waals surface area contributed by atoms with Crippen LogP contribution in [0.3, 0.4) is 0 Å². The zero-order chi connectivity index (χ0) is 14.8. The number of nitrogens with zero attached hydrogens (tertiary/aromatic N) is 1. The quantitative estimate of drug-likeness (QED) is 0.919. The van der Waals surface area contributed by atoms with Crippen LogP contribution in [0.15, 0.2) is 24.3 Å². The molecule has 0 saturated carbocycles. The lowest BCUT2D eigenvalue weighted by atomic mass is 9.90. The summed E-state index contributed by atoms with van der Waals surface area (Å²) in [6, 6.07) is 7.31. The molecule has 1 saturated heterocycles. The zero-order valence-electron chi connectivity index (χ0n) is 12.1. The number of hydrogen-bond donors (Lipinski definition) is 1. The second-order valence-corrected chi connectivity index (χ2v) is 5.51. The highest BCUT2D eigenvalue weighted by atomic mass is 16.4. The van der Waals surface area contributed by atoms with E-state index in [0.717, 1.165) is 18.4 Å². The topological polar surface area (TPSA) is 57.6 Å². The molecule has 0 spiro atoms. The molecule has 2 rings (SSSR count). The first-order valence-electron chi connectivity index (χ1n) is 7.13. The molecular formula is C16H21NO3. The van der Waals surface area contributed by atoms with Gasteiger partial charge in [0, 0.05) is 12.1 Å². The standard InChI is InChI=1S/C16H21NO3/c1-3-9-16(15(19)20)10-4-11-17(16)14(18)13-7-5-12(2)6-8-13/h5-8H,3-4,9-11H2,1-2H3,(H,19,20). The van der Waals surface area contributed by atoms with Gasteiger partial charge in [-0.2, -0.15) is 0 Å². The van der Waals surface area contributed by atoms with Gasteiger partial charge in [-0.05, 0) is 38.3 Å². The molecule has 1 aromatic carbocycles. The summed E-state index contributed by atoms with van der Waals surface area (Å²) in [5.41, 5.74) is 0.636. The maximum atomic E-state index is 12.6. The second-order valence-electron chi connectivity index (χ2n) is 5.51. The Morgan fingerprint density at radius 2 is 1.95 bits per heavy atom. The van der Waals surface area contributed by atoms with Crippen LogP contribution >= 0.6 is 0 Å². The van der Waals surface area contributed by atoms with Crippen molar-refractivity contribution >= 4 is 11.9 Å². The number of benzene rings is 1. The molecule has 0 radical (unpaired) electrons. The lowest BCUT2D eigenvalue weighted by Crippen LogP contribution is -2.53. The summed E-state index contributed by atoms with van der Waals surface area (Å²) in [4.78, 5) is 25.9. The summed E-state index contributed by atoms with van der Waals surface area (Å²) in [6.07, 6.45) is 2.57. The Hall–Kier alpha value is -1.84. The number of carbonyl (C=O) groups is 2. The molecule has 1 aliphatic rings. The van der Waals surface area contributed by atoms with Gasteiger partial charge in [0.2, 0.25) is 0 Å². The van der Waals surface area contributed by atoms with Crippen LogP contribution in [0.5, 0.6) is 0 Å². The number of carbonyl (C=O) groups excluding carboxylic acids is 1. The van der Waals surface area contributed by atoms with Crippen molar-refractivity contribution in [3.05, 3.63) is 35.4 Å². The predicted octanol–water partition coefficient (Wildman–Crippen LogP) is 2.85. The molecule has 4 heteroatoms. The second kappa shape index (κ2) is 5.65. The van der Waals surface area contributed by atoms with Gasteiger partial charge in [-0.1, -0.05) is 31.0 Å². The average Bonchev–Trinajstić information content (AvgIpc) is 2.84. The van der Waals surface area contributed by atoms with Crippen molar-refractivity contribution in [1.82, 2.24) is 4.90 Å². The monoisotopic (exact) mass is 275 g/mol. The lowest BCUT2D eigenvalue weighted by Gasteiger charge is -2.34. The third-order valence-electron chi connectivity index (χ3n) is 4.09. The normalized spacial score (nSPS) is 22.0. The van der Waals surface area contributed by atoms with E-state index < -0.39 is 11.5 Å². The third-order valence-corrected chi connectivity index (χ3v) is 4.09. The Morgan fingerprint density at radius 1 is 1.30 bits per heavy atom. The van der Waals surface area contributed by atoms with Gasteiger partial charge in [-0.25, -0.2) is 4.79 Å². The molecule has 0 aliphatic carbocycles. The largest absolute Gasteiger partial charge is 0.479 e. The summed E-state index contributed by atoms with van der Waals surface area (Å²) in [7, 11) is 0. The molecule has 1 aromatic rings. The van der Waals surface area contributed by atoms with Crippen LogP contribution in [0.25, 0.3) is 0 Å². The average molecular weight is 275 g/mol. The van der Waals surface area contributed by atoms with Gasteiger partial charge in [0.1, 0.15) is 5.54 Å². The van der Waals surface area contributed by atoms with E-state index in [2.05, 4.69) is 0 Å². The number of hydrogen-bond acceptors (Lipinski definition) is 2. The number of carboxylic acids is 1. The van der Waals surface area contributed by atoms with E-state index in [1.807, 2.05) is 26.0 Å². The fourth-order valence-corrected chi connectivity index (χ4v) is 3.03. The third kappa shape index (κ3) is 2.42. The number of aliphatic carboxylic acids is 1. The van der Waals surface area contributed by atoms with E-state index >= 15 is 0 Å². The van der Waals surface area contributed by atoms with Gasteiger partial charge in [0.05, 0.1) is 0 Å². The van der Waals surface area contributed by atoms with Crippen molar-refractivity contribution in [1.29, 1.82) is 0 Å². The Bertz CT molecular complexity index is 509. The van der Waals surface area contributed by atoms with Crippen molar-refractivity contribution < 1.29 is 14.7 Å². The molecule has 1 heterocycles. The number of aryl methyl sites for hydroxylation is 1. The number of amides is 1. The summed E-state index contributed by atoms with van der Waals surface area (Å²) in [5, 5.41) is 9.61. The molecule has 108 valence electrons. The van der Waals surface area contributed by atoms with E-state index in [4.69, 9.17) is 0 Å². The molecular weight excluding hydrogens is 254 g/mol. The van der Waals surface area contributed by atoms with E-state index in [-0.39, 0.29) is 5.91 Å². The number of likely N-dealkylation sites (tertiary alicyclic amines) is 1. The van der Waals surface area contributed by atoms with Crippen LogP contribution in [-0.4, -0.2) is 34.0 Å². The van der Waals surface area contributed by atoms with E-state index in [0.29, 0.717) is 24.9 Å². The first-order chi connectivity index (χ1) is 9.51. The first kappa shape index (κ1) is 14.6. The number of carboxylic acid groups (broad SMARTS) is 1. The summed E-state index contributed by atoms with van der Waals surface area (Å²) >= 11 is 0. The lowest BCUT2D eigenvalue weighted by molar-refractivity contribution is -0.148. The first-order valence-corrected chi connectivity index (χ1v) is 7.13. The van der Waals surface area contributed by atoms with Crippen molar-refractivity contribution in [3.8, 4) is 0 Å². The Morgan fingerprint density at radius 3 is 2.50 bits per heavy atom. The van der Waals surface area contributed by atoms with Crippen molar-refractivity contribution in [2.45, 2.75) is 45.1 Å². The zero-order valence-corrected chi connectivity index (χ0v) is 12.1. The highest BCUT2D eigenvalue weighted by Crippen LogP contribution is 2.35. The fourth-order valence-electron chi connectivity index (χ4n) is 3.03. The van der Waals surface area contributed by atoms with Crippen LogP contribution in [0, 0.1) is 6.92 Å². The van der Waals surface area contributed by atoms with Gasteiger partial charge in [0.25, 0.3) is 5.91 Å². The summed E-state index contributed by atoms with van der Waals surface area (Å²) in [6.45, 7) is 4.44. The van der Waals surface area contributed by atoms with Gasteiger partial charge < -0.3 is 10.0 Å². The highest BCUT2D eigenvalue weighted by Gasteiger charge is 2.49. The maximum Gasteiger partial charge on any atom is 0.329 e. The van der Waals surface area contributed by atoms with Crippen molar-refractivity contribution in [2.75, 3.05) is 6.54 Å². The molecule has 0 aromatic heterocycles. The number of rotatable bonds is 4. The Labute approximate surface area is 119 Å². The fraction of sp³-hybridized carbons (Fsp3) is 0.500. The molecule has 1 atom stereocenters. The van der Waals surface area contributed by atoms with E-state index in [1.165, 1.54) is 0 Å². The smallest absolute Gasteiger partial charge is 0.329 e. The van der Waals surface area contributed by atoms with Crippen molar-refractivity contribution in [2.24, 2.45) is 0 Å². The molecule has 1 amide bonds. The van der Waals surface area contributed by atoms with Crippen LogP contribution in [-0.2, 0) is 4.79 Å². The van der Waals surface area contributed by atoms with Gasteiger partial charge >= 0.3 is 5.97 Å². The van der Waals surface area contributed by atoms with Crippen LogP contribution in [0.1, 0.15) is 48.5 Å². The van der Waals surface area contributed by atoms with Crippen LogP contribution in [0.2, 0.25) is 0 Å². The summed E-state index contributed by atoms with van der Waals surface area (Å²) in [5.74, 6) is -1.05. The molecule has 1 fully saturated rings. The Kier molecular flexibility index (Phi) is 4.12. The molecule has 1 N–H and O–H groups in total.